The van der Waals surface area contributed by atoms with Gasteiger partial charge in [0.1, 0.15) is 11.5 Å². The van der Waals surface area contributed by atoms with E-state index in [4.69, 9.17) is 4.42 Å². The Morgan fingerprint density at radius 3 is 2.36 bits per heavy atom. The number of nitrogens with zero attached hydrogens (tertiary/aromatic N) is 1. The molecule has 0 spiro atoms. The van der Waals surface area contributed by atoms with Crippen LogP contribution in [0.5, 0.6) is 0 Å². The minimum atomic E-state index is -0.459. The predicted molar refractivity (Wildman–Crippen MR) is 134 cm³/mol. The van der Waals surface area contributed by atoms with Gasteiger partial charge in [0.05, 0.1) is 24.1 Å². The maximum atomic E-state index is 12.8. The number of ketones is 1. The lowest BCUT2D eigenvalue weighted by atomic mass is 10.1. The molecule has 0 fully saturated rings. The Bertz CT molecular complexity index is 1090. The number of nitrogens with one attached hydrogen (secondary N) is 1. The van der Waals surface area contributed by atoms with Crippen molar-refractivity contribution in [2.45, 2.75) is 57.4 Å². The van der Waals surface area contributed by atoms with Crippen molar-refractivity contribution >= 4 is 29.1 Å². The second-order valence-corrected chi connectivity index (χ2v) is 10.6. The third kappa shape index (κ3) is 7.34. The number of thioether (sulfide) groups is 1. The monoisotopic (exact) mass is 464 g/mol. The molecule has 0 aliphatic heterocycles. The molecule has 0 saturated heterocycles. The minimum absolute atomic E-state index is 0.0658. The first-order chi connectivity index (χ1) is 15.6. The van der Waals surface area contributed by atoms with Crippen LogP contribution in [0.1, 0.15) is 43.2 Å². The van der Waals surface area contributed by atoms with Crippen LogP contribution in [0.25, 0.3) is 0 Å². The van der Waals surface area contributed by atoms with E-state index in [1.54, 1.807) is 24.9 Å². The van der Waals surface area contributed by atoms with Gasteiger partial charge >= 0.3 is 0 Å². The number of hydrogen-bond acceptors (Lipinski definition) is 5. The minimum Gasteiger partial charge on any atom is -0.468 e. The van der Waals surface area contributed by atoms with Crippen molar-refractivity contribution in [3.05, 3.63) is 83.3 Å². The Hall–Kier alpha value is -2.83. The van der Waals surface area contributed by atoms with Crippen molar-refractivity contribution in [1.29, 1.82) is 0 Å². The zero-order chi connectivity index (χ0) is 24.0. The zero-order valence-electron chi connectivity index (χ0n) is 20.0. The molecule has 5 nitrogen and oxygen atoms in total. The molecule has 3 rings (SSSR count). The summed E-state index contributed by atoms with van der Waals surface area (Å²) in [7, 11) is 0. The second kappa shape index (κ2) is 10.9. The fraction of sp³-hybridized carbons (Fsp3) is 0.333. The maximum absolute atomic E-state index is 12.8. The van der Waals surface area contributed by atoms with E-state index in [2.05, 4.69) is 28.4 Å². The lowest BCUT2D eigenvalue weighted by molar-refractivity contribution is -0.119. The Morgan fingerprint density at radius 1 is 1.03 bits per heavy atom. The molecular weight excluding hydrogens is 432 g/mol. The van der Waals surface area contributed by atoms with Crippen molar-refractivity contribution in [2.75, 3.05) is 11.9 Å². The van der Waals surface area contributed by atoms with E-state index in [9.17, 15) is 9.59 Å². The van der Waals surface area contributed by atoms with Gasteiger partial charge in [0.25, 0.3) is 0 Å². The van der Waals surface area contributed by atoms with Crippen LogP contribution in [-0.4, -0.2) is 27.9 Å². The van der Waals surface area contributed by atoms with E-state index < -0.39 is 4.75 Å². The van der Waals surface area contributed by atoms with Gasteiger partial charge in [0.15, 0.2) is 0 Å². The second-order valence-electron chi connectivity index (χ2n) is 8.90. The highest BCUT2D eigenvalue weighted by Gasteiger charge is 2.25. The highest BCUT2D eigenvalue weighted by atomic mass is 32.2. The van der Waals surface area contributed by atoms with Crippen molar-refractivity contribution in [3.8, 4) is 0 Å². The summed E-state index contributed by atoms with van der Waals surface area (Å²) >= 11 is 1.56. The van der Waals surface area contributed by atoms with E-state index in [-0.39, 0.29) is 18.2 Å². The highest BCUT2D eigenvalue weighted by molar-refractivity contribution is 8.01. The van der Waals surface area contributed by atoms with Crippen molar-refractivity contribution in [1.82, 2.24) is 4.90 Å². The molecule has 1 heterocycles. The molecule has 3 aromatic rings. The molecule has 1 aromatic heterocycles. The number of anilines is 1. The van der Waals surface area contributed by atoms with Gasteiger partial charge in [-0.05, 0) is 76.1 Å². The molecule has 6 heteroatoms. The molecule has 0 saturated carbocycles. The number of furan rings is 1. The summed E-state index contributed by atoms with van der Waals surface area (Å²) in [5.41, 5.74) is 4.13. The highest BCUT2D eigenvalue weighted by Crippen LogP contribution is 2.33. The summed E-state index contributed by atoms with van der Waals surface area (Å²) in [6, 6.07) is 17.9. The number of Topliss-reactive ketones (excluding diaryl/α,β-unsaturated/α-hetero) is 1. The van der Waals surface area contributed by atoms with E-state index in [1.807, 2.05) is 64.1 Å². The van der Waals surface area contributed by atoms with Crippen molar-refractivity contribution < 1.29 is 14.0 Å². The van der Waals surface area contributed by atoms with Gasteiger partial charge in [-0.1, -0.05) is 29.8 Å². The summed E-state index contributed by atoms with van der Waals surface area (Å²) in [6.07, 6.45) is 1.64. The Kier molecular flexibility index (Phi) is 8.16. The Morgan fingerprint density at radius 2 is 1.76 bits per heavy atom. The fourth-order valence-corrected chi connectivity index (χ4v) is 4.43. The first kappa shape index (κ1) is 24.8. The Labute approximate surface area is 200 Å². The van der Waals surface area contributed by atoms with E-state index in [0.717, 1.165) is 27.5 Å². The molecule has 0 bridgehead atoms. The van der Waals surface area contributed by atoms with E-state index in [1.165, 1.54) is 5.56 Å². The normalized spacial score (nSPS) is 11.6. The van der Waals surface area contributed by atoms with Crippen LogP contribution in [0.4, 0.5) is 5.69 Å². The van der Waals surface area contributed by atoms with Crippen LogP contribution < -0.4 is 5.32 Å². The molecular formula is C27H32N2O3S. The molecule has 1 N–H and O–H groups in total. The topological polar surface area (TPSA) is 62.6 Å². The van der Waals surface area contributed by atoms with E-state index in [0.29, 0.717) is 13.1 Å². The smallest absolute Gasteiger partial charge is 0.238 e. The number of carbonyl (C=O) groups is 2. The van der Waals surface area contributed by atoms with Gasteiger partial charge in [0, 0.05) is 17.1 Å². The number of benzene rings is 2. The number of hydrogen-bond donors (Lipinski definition) is 1. The summed E-state index contributed by atoms with van der Waals surface area (Å²) in [5.74, 6) is 0.893. The molecule has 0 radical (unpaired) electrons. The van der Waals surface area contributed by atoms with Crippen LogP contribution >= 0.6 is 11.8 Å². The number of rotatable bonds is 10. The zero-order valence-corrected chi connectivity index (χ0v) is 20.8. The number of amides is 1. The fourth-order valence-electron chi connectivity index (χ4n) is 3.42. The predicted octanol–water partition coefficient (Wildman–Crippen LogP) is 6.00. The largest absolute Gasteiger partial charge is 0.468 e. The van der Waals surface area contributed by atoms with Gasteiger partial charge in [-0.15, -0.1) is 11.8 Å². The molecule has 2 aromatic carbocycles. The van der Waals surface area contributed by atoms with Crippen molar-refractivity contribution in [2.24, 2.45) is 0 Å². The standard InChI is InChI=1S/C27H32N2O3S/c1-19-8-13-25(20(2)15-19)28-26(31)18-29(17-23-7-6-14-32-23)16-22-9-11-24(12-10-22)33-27(4,5)21(3)30/h6-15H,16-18H2,1-5H3,(H,28,31). The van der Waals surface area contributed by atoms with Gasteiger partial charge in [-0.25, -0.2) is 0 Å². The van der Waals surface area contributed by atoms with Gasteiger partial charge in [-0.2, -0.15) is 0 Å². The quantitative estimate of drug-likeness (QED) is 0.373. The third-order valence-electron chi connectivity index (χ3n) is 5.53. The Balaban J connectivity index is 1.69. The van der Waals surface area contributed by atoms with Gasteiger partial charge in [-0.3, -0.25) is 14.5 Å². The average molecular weight is 465 g/mol. The molecule has 0 aliphatic rings. The maximum Gasteiger partial charge on any atom is 0.238 e. The first-order valence-electron chi connectivity index (χ1n) is 11.0. The number of carbonyl (C=O) groups excluding carboxylic acids is 2. The molecule has 1 amide bonds. The van der Waals surface area contributed by atoms with Crippen LogP contribution in [0.2, 0.25) is 0 Å². The molecule has 0 aliphatic carbocycles. The van der Waals surface area contributed by atoms with Crippen LogP contribution in [0.15, 0.2) is 70.2 Å². The van der Waals surface area contributed by atoms with Crippen LogP contribution in [0.3, 0.4) is 0 Å². The summed E-state index contributed by atoms with van der Waals surface area (Å²) < 4.78 is 5.06. The molecule has 33 heavy (non-hydrogen) atoms. The van der Waals surface area contributed by atoms with Crippen molar-refractivity contribution in [3.63, 3.8) is 0 Å². The number of aryl methyl sites for hydroxylation is 2. The lowest BCUT2D eigenvalue weighted by Gasteiger charge is -2.22. The summed E-state index contributed by atoms with van der Waals surface area (Å²) in [5, 5.41) is 3.03. The SMILES string of the molecule is CC(=O)C(C)(C)Sc1ccc(CN(CC(=O)Nc2ccc(C)cc2C)Cc2ccco2)cc1. The van der Waals surface area contributed by atoms with Gasteiger partial charge < -0.3 is 9.73 Å². The van der Waals surface area contributed by atoms with Gasteiger partial charge in [0.2, 0.25) is 5.91 Å². The molecule has 174 valence electrons. The third-order valence-corrected chi connectivity index (χ3v) is 6.84. The molecule has 0 atom stereocenters. The summed E-state index contributed by atoms with van der Waals surface area (Å²) in [4.78, 5) is 27.8. The molecule has 0 unspecified atom stereocenters. The average Bonchev–Trinajstić information content (AvgIpc) is 3.24. The first-order valence-corrected chi connectivity index (χ1v) is 11.8. The lowest BCUT2D eigenvalue weighted by Crippen LogP contribution is -2.32. The van der Waals surface area contributed by atoms with Crippen LogP contribution in [-0.2, 0) is 22.7 Å². The van der Waals surface area contributed by atoms with E-state index >= 15 is 0 Å². The summed E-state index contributed by atoms with van der Waals surface area (Å²) in [6.45, 7) is 10.9. The van der Waals surface area contributed by atoms with Crippen LogP contribution in [0, 0.1) is 13.8 Å².